The zero-order valence-corrected chi connectivity index (χ0v) is 19.2. The van der Waals surface area contributed by atoms with E-state index in [0.29, 0.717) is 5.92 Å². The predicted octanol–water partition coefficient (Wildman–Crippen LogP) is 6.29. The molecule has 164 valence electrons. The second kappa shape index (κ2) is 8.36. The van der Waals surface area contributed by atoms with E-state index in [1.165, 1.54) is 33.2 Å². The maximum atomic E-state index is 5.55. The van der Waals surface area contributed by atoms with Gasteiger partial charge in [0.15, 0.2) is 11.5 Å². The van der Waals surface area contributed by atoms with Gasteiger partial charge in [0, 0.05) is 23.0 Å². The van der Waals surface area contributed by atoms with E-state index in [4.69, 9.17) is 9.47 Å². The third-order valence-corrected chi connectivity index (χ3v) is 6.51. The van der Waals surface area contributed by atoms with E-state index < -0.39 is 0 Å². The fourth-order valence-electron chi connectivity index (χ4n) is 4.87. The fourth-order valence-corrected chi connectivity index (χ4v) is 4.87. The van der Waals surface area contributed by atoms with Crippen LogP contribution in [-0.4, -0.2) is 25.7 Å². The summed E-state index contributed by atoms with van der Waals surface area (Å²) < 4.78 is 11.0. The lowest BCUT2D eigenvalue weighted by molar-refractivity contribution is 0.355. The Morgan fingerprint density at radius 2 is 1.53 bits per heavy atom. The Hall–Kier alpha value is -3.24. The number of aromatic nitrogens is 1. The van der Waals surface area contributed by atoms with Gasteiger partial charge in [0.25, 0.3) is 0 Å². The van der Waals surface area contributed by atoms with Crippen molar-refractivity contribution in [1.82, 2.24) is 10.3 Å². The highest BCUT2D eigenvalue weighted by Crippen LogP contribution is 2.40. The van der Waals surface area contributed by atoms with Crippen molar-refractivity contribution in [3.63, 3.8) is 0 Å². The van der Waals surface area contributed by atoms with Crippen molar-refractivity contribution >= 4 is 10.9 Å². The molecular formula is C28H30N2O2. The molecule has 2 heterocycles. The Bertz CT molecular complexity index is 1290. The molecule has 4 heteroatoms. The van der Waals surface area contributed by atoms with Crippen LogP contribution >= 0.6 is 0 Å². The monoisotopic (exact) mass is 426 g/mol. The maximum Gasteiger partial charge on any atom is 0.161 e. The molecule has 1 aromatic heterocycles. The summed E-state index contributed by atoms with van der Waals surface area (Å²) in [5.74, 6) is 1.85. The molecule has 0 saturated heterocycles. The summed E-state index contributed by atoms with van der Waals surface area (Å²) in [5, 5.41) is 4.74. The van der Waals surface area contributed by atoms with E-state index in [-0.39, 0.29) is 0 Å². The first kappa shape index (κ1) is 20.7. The summed E-state index contributed by atoms with van der Waals surface area (Å²) in [6, 6.07) is 19.8. The van der Waals surface area contributed by atoms with E-state index in [0.717, 1.165) is 47.8 Å². The van der Waals surface area contributed by atoms with Crippen molar-refractivity contribution in [2.45, 2.75) is 32.7 Å². The van der Waals surface area contributed by atoms with E-state index >= 15 is 0 Å². The van der Waals surface area contributed by atoms with Gasteiger partial charge in [0.05, 0.1) is 19.9 Å². The number of benzene rings is 3. The molecule has 0 bridgehead atoms. The number of nitrogens with one attached hydrogen (secondary N) is 2. The molecule has 0 radical (unpaired) electrons. The zero-order chi connectivity index (χ0) is 22.2. The Morgan fingerprint density at radius 1 is 0.781 bits per heavy atom. The highest BCUT2D eigenvalue weighted by molar-refractivity contribution is 5.94. The highest BCUT2D eigenvalue weighted by atomic mass is 16.5. The maximum absolute atomic E-state index is 5.55. The Balaban J connectivity index is 1.64. The van der Waals surface area contributed by atoms with Crippen LogP contribution in [0.25, 0.3) is 33.3 Å². The average Bonchev–Trinajstić information content (AvgIpc) is 3.22. The molecule has 0 spiro atoms. The van der Waals surface area contributed by atoms with Crippen molar-refractivity contribution in [3.05, 3.63) is 71.3 Å². The van der Waals surface area contributed by atoms with Gasteiger partial charge in [-0.1, -0.05) is 38.1 Å². The largest absolute Gasteiger partial charge is 0.493 e. The molecule has 1 aliphatic heterocycles. The van der Waals surface area contributed by atoms with Crippen LogP contribution in [-0.2, 0) is 13.0 Å². The summed E-state index contributed by atoms with van der Waals surface area (Å²) in [5.41, 5.74) is 10.2. The lowest BCUT2D eigenvalue weighted by atomic mass is 9.92. The van der Waals surface area contributed by atoms with Gasteiger partial charge < -0.3 is 19.8 Å². The standard InChI is InChI=1S/C28H30N2O2/c1-17(2)27-23-14-19(18-5-6-22-16-29-12-11-20(22)13-18)7-9-24(23)30-28(27)21-8-10-25(31-3)26(15-21)32-4/h5-10,13-15,17,29-30H,11-12,16H2,1-4H3. The van der Waals surface area contributed by atoms with Gasteiger partial charge in [-0.05, 0) is 77.0 Å². The number of hydrogen-bond acceptors (Lipinski definition) is 3. The molecule has 32 heavy (non-hydrogen) atoms. The van der Waals surface area contributed by atoms with E-state index in [1.807, 2.05) is 12.1 Å². The molecule has 0 unspecified atom stereocenters. The predicted molar refractivity (Wildman–Crippen MR) is 132 cm³/mol. The molecule has 0 aliphatic carbocycles. The molecule has 5 rings (SSSR count). The van der Waals surface area contributed by atoms with Crippen LogP contribution < -0.4 is 14.8 Å². The minimum Gasteiger partial charge on any atom is -0.493 e. The SMILES string of the molecule is COc1ccc(-c2[nH]c3ccc(-c4ccc5c(c4)CCNC5)cc3c2C(C)C)cc1OC. The molecule has 2 N–H and O–H groups in total. The first-order valence-electron chi connectivity index (χ1n) is 11.3. The summed E-state index contributed by atoms with van der Waals surface area (Å²) in [6.07, 6.45) is 1.09. The van der Waals surface area contributed by atoms with Crippen LogP contribution in [0, 0.1) is 0 Å². The second-order valence-electron chi connectivity index (χ2n) is 8.81. The highest BCUT2D eigenvalue weighted by Gasteiger charge is 2.18. The molecule has 4 nitrogen and oxygen atoms in total. The van der Waals surface area contributed by atoms with Crippen LogP contribution in [0.4, 0.5) is 0 Å². The van der Waals surface area contributed by atoms with E-state index in [2.05, 4.69) is 66.6 Å². The van der Waals surface area contributed by atoms with Gasteiger partial charge in [-0.2, -0.15) is 0 Å². The molecule has 0 fully saturated rings. The minimum absolute atomic E-state index is 0.372. The number of methoxy groups -OCH3 is 2. The lowest BCUT2D eigenvalue weighted by Crippen LogP contribution is -2.23. The van der Waals surface area contributed by atoms with Crippen molar-refractivity contribution in [3.8, 4) is 33.9 Å². The smallest absolute Gasteiger partial charge is 0.161 e. The third kappa shape index (κ3) is 3.55. The number of fused-ring (bicyclic) bond motifs is 2. The number of aromatic amines is 1. The van der Waals surface area contributed by atoms with Crippen LogP contribution in [0.15, 0.2) is 54.6 Å². The minimum atomic E-state index is 0.372. The van der Waals surface area contributed by atoms with Crippen molar-refractivity contribution in [2.75, 3.05) is 20.8 Å². The number of ether oxygens (including phenoxy) is 2. The van der Waals surface area contributed by atoms with Gasteiger partial charge in [-0.3, -0.25) is 0 Å². The molecule has 3 aromatic carbocycles. The van der Waals surface area contributed by atoms with Crippen LogP contribution in [0.1, 0.15) is 36.5 Å². The van der Waals surface area contributed by atoms with E-state index in [1.54, 1.807) is 14.2 Å². The van der Waals surface area contributed by atoms with Crippen molar-refractivity contribution in [1.29, 1.82) is 0 Å². The second-order valence-corrected chi connectivity index (χ2v) is 8.81. The first-order valence-corrected chi connectivity index (χ1v) is 11.3. The van der Waals surface area contributed by atoms with Gasteiger partial charge in [-0.25, -0.2) is 0 Å². The third-order valence-electron chi connectivity index (χ3n) is 6.51. The number of rotatable bonds is 5. The Labute approximate surface area is 189 Å². The first-order chi connectivity index (χ1) is 15.6. The summed E-state index contributed by atoms with van der Waals surface area (Å²) in [4.78, 5) is 3.67. The van der Waals surface area contributed by atoms with Gasteiger partial charge in [0.1, 0.15) is 0 Å². The summed E-state index contributed by atoms with van der Waals surface area (Å²) >= 11 is 0. The Kier molecular flexibility index (Phi) is 5.40. The quantitative estimate of drug-likeness (QED) is 0.394. The molecule has 0 atom stereocenters. The van der Waals surface area contributed by atoms with Crippen molar-refractivity contribution < 1.29 is 9.47 Å². The molecule has 0 amide bonds. The van der Waals surface area contributed by atoms with Gasteiger partial charge in [0.2, 0.25) is 0 Å². The number of H-pyrrole nitrogens is 1. The van der Waals surface area contributed by atoms with Crippen molar-refractivity contribution in [2.24, 2.45) is 0 Å². The van der Waals surface area contributed by atoms with E-state index in [9.17, 15) is 0 Å². The molecule has 0 saturated carbocycles. The van der Waals surface area contributed by atoms with Gasteiger partial charge >= 0.3 is 0 Å². The normalized spacial score (nSPS) is 13.4. The van der Waals surface area contributed by atoms with Crippen LogP contribution in [0.5, 0.6) is 11.5 Å². The summed E-state index contributed by atoms with van der Waals surface area (Å²) in [7, 11) is 3.34. The number of hydrogen-bond donors (Lipinski definition) is 2. The molecular weight excluding hydrogens is 396 g/mol. The topological polar surface area (TPSA) is 46.3 Å². The molecule has 4 aromatic rings. The van der Waals surface area contributed by atoms with Crippen LogP contribution in [0.3, 0.4) is 0 Å². The average molecular weight is 427 g/mol. The fraction of sp³-hybridized carbons (Fsp3) is 0.286. The van der Waals surface area contributed by atoms with Crippen LogP contribution in [0.2, 0.25) is 0 Å². The zero-order valence-electron chi connectivity index (χ0n) is 19.2. The van der Waals surface area contributed by atoms with Gasteiger partial charge in [-0.15, -0.1) is 0 Å². The lowest BCUT2D eigenvalue weighted by Gasteiger charge is -2.18. The summed E-state index contributed by atoms with van der Waals surface area (Å²) in [6.45, 7) is 6.54. The molecule has 1 aliphatic rings. The Morgan fingerprint density at radius 3 is 2.31 bits per heavy atom.